The van der Waals surface area contributed by atoms with Crippen LogP contribution in [0.2, 0.25) is 0 Å². The summed E-state index contributed by atoms with van der Waals surface area (Å²) in [6.07, 6.45) is 3.09. The van der Waals surface area contributed by atoms with Crippen molar-refractivity contribution < 1.29 is 14.3 Å². The molecule has 0 aliphatic heterocycles. The Morgan fingerprint density at radius 3 is 2.85 bits per heavy atom. The first kappa shape index (κ1) is 9.93. The van der Waals surface area contributed by atoms with Gasteiger partial charge in [-0.3, -0.25) is 4.79 Å². The van der Waals surface area contributed by atoms with E-state index in [1.54, 1.807) is 6.92 Å². The van der Waals surface area contributed by atoms with E-state index in [9.17, 15) is 9.59 Å². The standard InChI is InChI=1S/C9H13NO3/c1-2-13-9(12)8-3-7(4-8)5-10-6-11/h7-8H,2-5H2,1H3. The highest BCUT2D eigenvalue weighted by Crippen LogP contribution is 2.34. The van der Waals surface area contributed by atoms with E-state index in [0.29, 0.717) is 19.1 Å². The molecule has 1 saturated carbocycles. The molecule has 0 atom stereocenters. The summed E-state index contributed by atoms with van der Waals surface area (Å²) in [7, 11) is 0. The summed E-state index contributed by atoms with van der Waals surface area (Å²) in [5, 5.41) is 0. The van der Waals surface area contributed by atoms with E-state index < -0.39 is 0 Å². The molecule has 0 bridgehead atoms. The zero-order valence-electron chi connectivity index (χ0n) is 7.66. The Balaban J connectivity index is 2.17. The van der Waals surface area contributed by atoms with Crippen molar-refractivity contribution in [3.63, 3.8) is 0 Å². The zero-order valence-corrected chi connectivity index (χ0v) is 7.66. The molecule has 72 valence electrons. The fourth-order valence-corrected chi connectivity index (χ4v) is 1.50. The Bertz CT molecular complexity index is 227. The molecule has 0 amide bonds. The minimum Gasteiger partial charge on any atom is -0.466 e. The van der Waals surface area contributed by atoms with Crippen LogP contribution in [0.5, 0.6) is 0 Å². The van der Waals surface area contributed by atoms with Crippen LogP contribution in [0, 0.1) is 11.8 Å². The third-order valence-corrected chi connectivity index (χ3v) is 2.27. The van der Waals surface area contributed by atoms with Crippen molar-refractivity contribution in [2.45, 2.75) is 19.8 Å². The minimum atomic E-state index is -0.117. The summed E-state index contributed by atoms with van der Waals surface area (Å²) in [6, 6.07) is 0. The summed E-state index contributed by atoms with van der Waals surface area (Å²) in [5.74, 6) is 0.288. The number of carbonyl (C=O) groups is 1. The van der Waals surface area contributed by atoms with Gasteiger partial charge >= 0.3 is 5.97 Å². The molecule has 0 unspecified atom stereocenters. The van der Waals surface area contributed by atoms with Crippen molar-refractivity contribution in [3.8, 4) is 0 Å². The Morgan fingerprint density at radius 2 is 2.31 bits per heavy atom. The number of aliphatic imine (C=N–C) groups is 1. The molecule has 0 N–H and O–H groups in total. The molecule has 0 radical (unpaired) electrons. The van der Waals surface area contributed by atoms with Crippen LogP contribution >= 0.6 is 0 Å². The van der Waals surface area contributed by atoms with Gasteiger partial charge in [-0.1, -0.05) is 0 Å². The lowest BCUT2D eigenvalue weighted by molar-refractivity contribution is -0.152. The lowest BCUT2D eigenvalue weighted by Gasteiger charge is -2.31. The van der Waals surface area contributed by atoms with Gasteiger partial charge in [0, 0.05) is 0 Å². The number of hydrogen-bond donors (Lipinski definition) is 0. The Kier molecular flexibility index (Phi) is 3.65. The molecule has 1 aliphatic rings. The average molecular weight is 183 g/mol. The van der Waals surface area contributed by atoms with Crippen LogP contribution < -0.4 is 0 Å². The van der Waals surface area contributed by atoms with Crippen molar-refractivity contribution in [1.29, 1.82) is 0 Å². The summed E-state index contributed by atoms with van der Waals surface area (Å²) in [4.78, 5) is 24.4. The van der Waals surface area contributed by atoms with Crippen molar-refractivity contribution in [2.75, 3.05) is 13.2 Å². The maximum absolute atomic E-state index is 11.1. The quantitative estimate of drug-likeness (QED) is 0.370. The first-order valence-electron chi connectivity index (χ1n) is 4.48. The highest BCUT2D eigenvalue weighted by atomic mass is 16.5. The monoisotopic (exact) mass is 183 g/mol. The molecule has 4 heteroatoms. The smallest absolute Gasteiger partial charge is 0.308 e. The SMILES string of the molecule is CCOC(=O)C1CC(CN=C=O)C1. The van der Waals surface area contributed by atoms with E-state index in [-0.39, 0.29) is 11.9 Å². The largest absolute Gasteiger partial charge is 0.466 e. The number of carbonyl (C=O) groups excluding carboxylic acids is 2. The third kappa shape index (κ3) is 2.67. The van der Waals surface area contributed by atoms with Crippen LogP contribution in [0.25, 0.3) is 0 Å². The van der Waals surface area contributed by atoms with Crippen molar-refractivity contribution in [1.82, 2.24) is 0 Å². The predicted octanol–water partition coefficient (Wildman–Crippen LogP) is 0.911. The highest BCUT2D eigenvalue weighted by molar-refractivity contribution is 5.73. The van der Waals surface area contributed by atoms with Crippen LogP contribution in [0.1, 0.15) is 19.8 Å². The van der Waals surface area contributed by atoms with Gasteiger partial charge in [-0.25, -0.2) is 9.79 Å². The molecule has 4 nitrogen and oxygen atoms in total. The maximum atomic E-state index is 11.1. The molecular weight excluding hydrogens is 170 g/mol. The van der Waals surface area contributed by atoms with Gasteiger partial charge in [-0.05, 0) is 25.7 Å². The Hall–Kier alpha value is -1.15. The first-order valence-corrected chi connectivity index (χ1v) is 4.48. The number of isocyanates is 1. The molecule has 0 aromatic carbocycles. The predicted molar refractivity (Wildman–Crippen MR) is 45.8 cm³/mol. The number of hydrogen-bond acceptors (Lipinski definition) is 4. The van der Waals surface area contributed by atoms with Crippen LogP contribution in [0.4, 0.5) is 0 Å². The van der Waals surface area contributed by atoms with E-state index in [1.165, 1.54) is 6.08 Å². The third-order valence-electron chi connectivity index (χ3n) is 2.27. The molecule has 13 heavy (non-hydrogen) atoms. The van der Waals surface area contributed by atoms with E-state index >= 15 is 0 Å². The number of nitrogens with zero attached hydrogens (tertiary/aromatic N) is 1. The molecule has 0 heterocycles. The van der Waals surface area contributed by atoms with E-state index in [1.807, 2.05) is 0 Å². The van der Waals surface area contributed by atoms with E-state index in [4.69, 9.17) is 4.74 Å². The second-order valence-electron chi connectivity index (χ2n) is 3.22. The second-order valence-corrected chi connectivity index (χ2v) is 3.22. The molecule has 1 aliphatic carbocycles. The van der Waals surface area contributed by atoms with Gasteiger partial charge in [0.15, 0.2) is 0 Å². The van der Waals surface area contributed by atoms with Gasteiger partial charge in [-0.15, -0.1) is 0 Å². The average Bonchev–Trinajstić information content (AvgIpc) is 2.02. The number of esters is 1. The van der Waals surface area contributed by atoms with E-state index in [2.05, 4.69) is 4.99 Å². The normalized spacial score (nSPS) is 25.6. The minimum absolute atomic E-state index is 0.0341. The van der Waals surface area contributed by atoms with Crippen molar-refractivity contribution >= 4 is 12.0 Å². The van der Waals surface area contributed by atoms with Gasteiger partial charge in [0.2, 0.25) is 6.08 Å². The van der Waals surface area contributed by atoms with Crippen molar-refractivity contribution in [2.24, 2.45) is 16.8 Å². The van der Waals surface area contributed by atoms with Gasteiger partial charge in [0.1, 0.15) is 0 Å². The highest BCUT2D eigenvalue weighted by Gasteiger charge is 2.35. The maximum Gasteiger partial charge on any atom is 0.308 e. The summed E-state index contributed by atoms with van der Waals surface area (Å²) in [5.41, 5.74) is 0. The number of rotatable bonds is 4. The lowest BCUT2D eigenvalue weighted by atomic mass is 9.75. The molecular formula is C9H13NO3. The fourth-order valence-electron chi connectivity index (χ4n) is 1.50. The Morgan fingerprint density at radius 1 is 1.62 bits per heavy atom. The summed E-state index contributed by atoms with van der Waals surface area (Å²) >= 11 is 0. The Labute approximate surface area is 77.0 Å². The van der Waals surface area contributed by atoms with Crippen LogP contribution in [-0.4, -0.2) is 25.2 Å². The van der Waals surface area contributed by atoms with Gasteiger partial charge in [-0.2, -0.15) is 0 Å². The molecule has 0 aromatic rings. The van der Waals surface area contributed by atoms with E-state index in [0.717, 1.165) is 12.8 Å². The first-order chi connectivity index (χ1) is 6.27. The molecule has 0 saturated heterocycles. The topological polar surface area (TPSA) is 55.7 Å². The fraction of sp³-hybridized carbons (Fsp3) is 0.778. The van der Waals surface area contributed by atoms with Gasteiger partial charge < -0.3 is 4.74 Å². The molecule has 1 fully saturated rings. The number of ether oxygens (including phenoxy) is 1. The van der Waals surface area contributed by atoms with Crippen LogP contribution in [-0.2, 0) is 14.3 Å². The van der Waals surface area contributed by atoms with Crippen molar-refractivity contribution in [3.05, 3.63) is 0 Å². The summed E-state index contributed by atoms with van der Waals surface area (Å²) in [6.45, 7) is 2.73. The van der Waals surface area contributed by atoms with Crippen LogP contribution in [0.3, 0.4) is 0 Å². The molecule has 1 rings (SSSR count). The van der Waals surface area contributed by atoms with Gasteiger partial charge in [0.05, 0.1) is 19.1 Å². The van der Waals surface area contributed by atoms with Crippen LogP contribution in [0.15, 0.2) is 4.99 Å². The molecule has 0 aromatic heterocycles. The molecule has 0 spiro atoms. The lowest BCUT2D eigenvalue weighted by Crippen LogP contribution is -2.33. The van der Waals surface area contributed by atoms with Gasteiger partial charge in [0.25, 0.3) is 0 Å². The zero-order chi connectivity index (χ0) is 9.68. The second kappa shape index (κ2) is 4.77. The summed E-state index contributed by atoms with van der Waals surface area (Å²) < 4.78 is 4.85.